The fraction of sp³-hybridized carbons (Fsp3) is 0.667. The Morgan fingerprint density at radius 3 is 2.79 bits per heavy atom. The van der Waals surface area contributed by atoms with E-state index in [-0.39, 0.29) is 24.8 Å². The summed E-state index contributed by atoms with van der Waals surface area (Å²) in [7, 11) is 0. The van der Waals surface area contributed by atoms with E-state index in [4.69, 9.17) is 4.74 Å². The van der Waals surface area contributed by atoms with Crippen molar-refractivity contribution >= 4 is 17.8 Å². The maximum atomic E-state index is 13.0. The van der Waals surface area contributed by atoms with E-state index in [2.05, 4.69) is 15.6 Å². The fourth-order valence-electron chi connectivity index (χ4n) is 4.65. The molecule has 9 nitrogen and oxygen atoms in total. The zero-order valence-electron chi connectivity index (χ0n) is 19.5. The highest BCUT2D eigenvalue weighted by Crippen LogP contribution is 2.24. The maximum absolute atomic E-state index is 13.0. The Labute approximate surface area is 199 Å². The van der Waals surface area contributed by atoms with Gasteiger partial charge in [0.25, 0.3) is 0 Å². The van der Waals surface area contributed by atoms with Crippen molar-refractivity contribution in [2.45, 2.75) is 51.0 Å². The molecule has 2 aliphatic rings. The molecule has 0 bridgehead atoms. The van der Waals surface area contributed by atoms with Crippen molar-refractivity contribution in [2.24, 2.45) is 11.8 Å². The minimum atomic E-state index is -1.07. The summed E-state index contributed by atoms with van der Waals surface area (Å²) in [6, 6.07) is 0.756. The minimum absolute atomic E-state index is 0.0834. The Bertz CT molecular complexity index is 833. The van der Waals surface area contributed by atoms with Gasteiger partial charge >= 0.3 is 5.97 Å². The van der Waals surface area contributed by atoms with E-state index in [1.54, 1.807) is 11.0 Å². The Kier molecular flexibility index (Phi) is 10.1. The van der Waals surface area contributed by atoms with Gasteiger partial charge in [0.15, 0.2) is 0 Å². The van der Waals surface area contributed by atoms with Gasteiger partial charge in [-0.3, -0.25) is 19.4 Å². The number of pyridine rings is 1. The van der Waals surface area contributed by atoms with Crippen molar-refractivity contribution in [3.05, 3.63) is 24.0 Å². The van der Waals surface area contributed by atoms with E-state index in [1.807, 2.05) is 0 Å². The topological polar surface area (TPSA) is 121 Å². The van der Waals surface area contributed by atoms with Gasteiger partial charge in [0, 0.05) is 25.7 Å². The van der Waals surface area contributed by atoms with Crippen molar-refractivity contribution in [2.75, 3.05) is 39.5 Å². The van der Waals surface area contributed by atoms with Gasteiger partial charge in [-0.25, -0.2) is 4.39 Å². The molecule has 0 aliphatic carbocycles. The number of nitrogens with one attached hydrogen (secondary N) is 2. The number of carbonyl (C=O) groups excluding carboxylic acids is 2. The number of likely N-dealkylation sites (tertiary alicyclic amines) is 1. The molecular weight excluding hydrogens is 442 g/mol. The van der Waals surface area contributed by atoms with Crippen molar-refractivity contribution < 1.29 is 28.6 Å². The number of aromatic nitrogens is 1. The smallest absolute Gasteiger partial charge is 0.305 e. The van der Waals surface area contributed by atoms with Crippen LogP contribution in [0.3, 0.4) is 0 Å². The van der Waals surface area contributed by atoms with Crippen LogP contribution >= 0.6 is 0 Å². The standard InChI is InChI=1S/C24H35FN4O5/c25-7-11-34-20-12-19(14-27-15-20)21(13-23(31)32)28-24(33)18-2-1-10-29(16-18)22(30)4-3-17-5-8-26-9-6-17/h12,14-15,17-18,21,26H,1-11,13,16H2,(H,28,33)(H,31,32)/t18-,21+/m1/s1/i25-1. The van der Waals surface area contributed by atoms with Crippen LogP contribution in [0.2, 0.25) is 0 Å². The van der Waals surface area contributed by atoms with Gasteiger partial charge in [0.05, 0.1) is 24.6 Å². The lowest BCUT2D eigenvalue weighted by atomic mass is 9.92. The number of aliphatic carboxylic acids is 1. The number of ether oxygens (including phenoxy) is 1. The molecular formula is C24H35FN4O5. The predicted molar refractivity (Wildman–Crippen MR) is 123 cm³/mol. The third kappa shape index (κ3) is 7.93. The normalized spacial score (nSPS) is 19.9. The second kappa shape index (κ2) is 13.2. The van der Waals surface area contributed by atoms with Crippen molar-refractivity contribution in [3.8, 4) is 5.75 Å². The van der Waals surface area contributed by atoms with Gasteiger partial charge in [0.1, 0.15) is 19.0 Å². The summed E-state index contributed by atoms with van der Waals surface area (Å²) >= 11 is 0. The molecule has 0 spiro atoms. The predicted octanol–water partition coefficient (Wildman–Crippen LogP) is 2.08. The third-order valence-corrected chi connectivity index (χ3v) is 6.55. The number of carboxylic acids is 1. The summed E-state index contributed by atoms with van der Waals surface area (Å²) < 4.78 is 17.6. The highest BCUT2D eigenvalue weighted by molar-refractivity contribution is 5.82. The lowest BCUT2D eigenvalue weighted by Gasteiger charge is -2.33. The number of nitrogens with zero attached hydrogens (tertiary/aromatic N) is 2. The number of alkyl halides is 1. The molecule has 3 N–H and O–H groups in total. The van der Waals surface area contributed by atoms with Gasteiger partial charge in [-0.1, -0.05) is 0 Å². The number of halogens is 1. The molecule has 3 heterocycles. The number of amides is 2. The molecule has 1 aromatic rings. The molecule has 2 saturated heterocycles. The molecule has 2 amide bonds. The van der Waals surface area contributed by atoms with Crippen molar-refractivity contribution in [1.29, 1.82) is 0 Å². The monoisotopic (exact) mass is 477 g/mol. The van der Waals surface area contributed by atoms with Crippen LogP contribution in [0, 0.1) is 11.8 Å². The van der Waals surface area contributed by atoms with Crippen LogP contribution < -0.4 is 15.4 Å². The molecule has 10 heteroatoms. The zero-order chi connectivity index (χ0) is 24.3. The Morgan fingerprint density at radius 1 is 1.26 bits per heavy atom. The first-order valence-corrected chi connectivity index (χ1v) is 12.1. The Balaban J connectivity index is 1.57. The Hall–Kier alpha value is -2.75. The molecule has 0 radical (unpaired) electrons. The van der Waals surface area contributed by atoms with E-state index in [0.29, 0.717) is 43.2 Å². The number of carbonyl (C=O) groups is 3. The number of hydrogen-bond acceptors (Lipinski definition) is 6. The Morgan fingerprint density at radius 2 is 2.06 bits per heavy atom. The second-order valence-electron chi connectivity index (χ2n) is 9.06. The van der Waals surface area contributed by atoms with Crippen LogP contribution in [0.1, 0.15) is 56.6 Å². The van der Waals surface area contributed by atoms with Gasteiger partial charge in [-0.05, 0) is 62.7 Å². The van der Waals surface area contributed by atoms with Gasteiger partial charge in [-0.2, -0.15) is 0 Å². The van der Waals surface area contributed by atoms with Gasteiger partial charge in [-0.15, -0.1) is 0 Å². The average Bonchev–Trinajstić information content (AvgIpc) is 2.86. The van der Waals surface area contributed by atoms with E-state index in [0.717, 1.165) is 38.8 Å². The summed E-state index contributed by atoms with van der Waals surface area (Å²) in [5.74, 6) is -0.783. The lowest BCUT2D eigenvalue weighted by Crippen LogP contribution is -2.46. The molecule has 3 rings (SSSR count). The van der Waals surface area contributed by atoms with E-state index in [1.165, 1.54) is 12.4 Å². The lowest BCUT2D eigenvalue weighted by molar-refractivity contribution is -0.138. The first-order chi connectivity index (χ1) is 16.5. The fourth-order valence-corrected chi connectivity index (χ4v) is 4.65. The minimum Gasteiger partial charge on any atom is -0.489 e. The highest BCUT2D eigenvalue weighted by atomic mass is 18.2. The van der Waals surface area contributed by atoms with E-state index < -0.39 is 24.6 Å². The molecule has 34 heavy (non-hydrogen) atoms. The number of rotatable bonds is 11. The molecule has 2 atom stereocenters. The quantitative estimate of drug-likeness (QED) is 0.446. The number of hydrogen-bond donors (Lipinski definition) is 3. The maximum Gasteiger partial charge on any atom is 0.305 e. The molecule has 0 unspecified atom stereocenters. The first-order valence-electron chi connectivity index (χ1n) is 12.1. The summed E-state index contributed by atoms with van der Waals surface area (Å²) in [6.07, 6.45) is 7.49. The average molecular weight is 478 g/mol. The summed E-state index contributed by atoms with van der Waals surface area (Å²) in [5.41, 5.74) is 0.470. The molecule has 0 aromatic carbocycles. The second-order valence-corrected chi connectivity index (χ2v) is 9.06. The van der Waals surface area contributed by atoms with E-state index in [9.17, 15) is 23.9 Å². The summed E-state index contributed by atoms with van der Waals surface area (Å²) in [6.45, 7) is 2.20. The van der Waals surface area contributed by atoms with Gasteiger partial charge < -0.3 is 25.4 Å². The van der Waals surface area contributed by atoms with Crippen LogP contribution in [-0.4, -0.2) is 72.2 Å². The first kappa shape index (κ1) is 25.9. The zero-order valence-corrected chi connectivity index (χ0v) is 19.5. The summed E-state index contributed by atoms with van der Waals surface area (Å²) in [4.78, 5) is 43.1. The van der Waals surface area contributed by atoms with Crippen molar-refractivity contribution in [1.82, 2.24) is 20.5 Å². The highest BCUT2D eigenvalue weighted by Gasteiger charge is 2.30. The largest absolute Gasteiger partial charge is 0.489 e. The molecule has 188 valence electrons. The van der Waals surface area contributed by atoms with Crippen LogP contribution in [0.4, 0.5) is 4.39 Å². The summed E-state index contributed by atoms with van der Waals surface area (Å²) in [5, 5.41) is 15.5. The number of piperidine rings is 2. The molecule has 0 saturated carbocycles. The van der Waals surface area contributed by atoms with Crippen LogP contribution in [0.15, 0.2) is 18.5 Å². The third-order valence-electron chi connectivity index (χ3n) is 6.55. The molecule has 2 fully saturated rings. The van der Waals surface area contributed by atoms with Gasteiger partial charge in [0.2, 0.25) is 11.8 Å². The van der Waals surface area contributed by atoms with Crippen molar-refractivity contribution in [3.63, 3.8) is 0 Å². The van der Waals surface area contributed by atoms with E-state index >= 15 is 0 Å². The van der Waals surface area contributed by atoms with Crippen LogP contribution in [0.25, 0.3) is 0 Å². The molecule has 1 aromatic heterocycles. The number of carboxylic acid groups (broad SMARTS) is 1. The SMILES string of the molecule is O=C(O)C[C@H](NC(=O)[C@@H]1CCCN(C(=O)CCC2CCNCC2)C1)c1cncc(OCC[18F])c1. The van der Waals surface area contributed by atoms with Crippen LogP contribution in [0.5, 0.6) is 5.75 Å². The molecule has 2 aliphatic heterocycles. The van der Waals surface area contributed by atoms with Crippen LogP contribution in [-0.2, 0) is 14.4 Å².